The largest absolute Gasteiger partial charge is 0.324 e. The summed E-state index contributed by atoms with van der Waals surface area (Å²) in [4.78, 5) is 0. The second-order valence-electron chi connectivity index (χ2n) is 4.52. The summed E-state index contributed by atoms with van der Waals surface area (Å²) in [6.45, 7) is 1.88. The van der Waals surface area contributed by atoms with Crippen LogP contribution in [0.3, 0.4) is 0 Å². The third-order valence-electron chi connectivity index (χ3n) is 3.02. The van der Waals surface area contributed by atoms with Crippen LogP contribution in [-0.4, -0.2) is 0 Å². The fourth-order valence-electron chi connectivity index (χ4n) is 2.05. The Morgan fingerprint density at radius 1 is 1.24 bits per heavy atom. The van der Waals surface area contributed by atoms with E-state index >= 15 is 0 Å². The molecule has 3 N–H and O–H groups in total. The van der Waals surface area contributed by atoms with Crippen molar-refractivity contribution in [3.8, 4) is 6.07 Å². The number of nitrogens with two attached hydrogens (primary N) is 1. The van der Waals surface area contributed by atoms with Crippen molar-refractivity contribution in [3.05, 3.63) is 63.1 Å². The van der Waals surface area contributed by atoms with Crippen LogP contribution in [0.1, 0.15) is 16.7 Å². The van der Waals surface area contributed by atoms with Gasteiger partial charge in [-0.25, -0.2) is 0 Å². The van der Waals surface area contributed by atoms with Gasteiger partial charge in [0.25, 0.3) is 0 Å². The van der Waals surface area contributed by atoms with Crippen molar-refractivity contribution in [1.82, 2.24) is 0 Å². The molecule has 0 saturated carbocycles. The Bertz CT molecular complexity index is 705. The van der Waals surface area contributed by atoms with Crippen molar-refractivity contribution in [2.75, 3.05) is 5.43 Å². The predicted octanol–water partition coefficient (Wildman–Crippen LogP) is 4.65. The zero-order chi connectivity index (χ0) is 15.4. The first-order valence-corrected chi connectivity index (χ1v) is 6.95. The topological polar surface area (TPSA) is 61.8 Å². The smallest absolute Gasteiger partial charge is 0.0998 e. The van der Waals surface area contributed by atoms with Gasteiger partial charge >= 0.3 is 0 Å². The number of hydrogen-bond acceptors (Lipinski definition) is 3. The van der Waals surface area contributed by atoms with E-state index in [1.807, 2.05) is 25.1 Å². The fraction of sp³-hybridized carbons (Fsp3) is 0.0625. The number of anilines is 1. The van der Waals surface area contributed by atoms with E-state index < -0.39 is 0 Å². The SMILES string of the molecule is Cc1cc(NN)cc(Cl)c1/C(C#N)=C/c1ccc(Cl)cc1. The van der Waals surface area contributed by atoms with Gasteiger partial charge in [0.05, 0.1) is 22.4 Å². The molecule has 0 spiro atoms. The van der Waals surface area contributed by atoms with Gasteiger partial charge < -0.3 is 5.43 Å². The average Bonchev–Trinajstić information content (AvgIpc) is 2.47. The summed E-state index contributed by atoms with van der Waals surface area (Å²) < 4.78 is 0. The molecule has 0 fully saturated rings. The second-order valence-corrected chi connectivity index (χ2v) is 5.36. The molecule has 0 atom stereocenters. The van der Waals surface area contributed by atoms with Crippen LogP contribution in [0.25, 0.3) is 11.6 Å². The van der Waals surface area contributed by atoms with Gasteiger partial charge in [0.1, 0.15) is 0 Å². The Labute approximate surface area is 133 Å². The maximum atomic E-state index is 9.43. The highest BCUT2D eigenvalue weighted by Crippen LogP contribution is 2.31. The Morgan fingerprint density at radius 2 is 1.90 bits per heavy atom. The second kappa shape index (κ2) is 6.64. The normalized spacial score (nSPS) is 11.1. The molecule has 0 amide bonds. The van der Waals surface area contributed by atoms with Crippen molar-refractivity contribution in [1.29, 1.82) is 5.26 Å². The van der Waals surface area contributed by atoms with E-state index in [0.717, 1.165) is 11.1 Å². The number of hydrazine groups is 1. The summed E-state index contributed by atoms with van der Waals surface area (Å²) in [6.07, 6.45) is 1.78. The lowest BCUT2D eigenvalue weighted by Crippen LogP contribution is -2.07. The van der Waals surface area contributed by atoms with Gasteiger partial charge in [-0.1, -0.05) is 35.3 Å². The van der Waals surface area contributed by atoms with E-state index in [1.54, 1.807) is 24.3 Å². The van der Waals surface area contributed by atoms with Gasteiger partial charge in [0.15, 0.2) is 0 Å². The Hall–Kier alpha value is -1.99. The summed E-state index contributed by atoms with van der Waals surface area (Å²) >= 11 is 12.1. The summed E-state index contributed by atoms with van der Waals surface area (Å²) in [5.41, 5.74) is 6.19. The highest BCUT2D eigenvalue weighted by Gasteiger charge is 2.11. The molecule has 0 aromatic heterocycles. The predicted molar refractivity (Wildman–Crippen MR) is 88.9 cm³/mol. The van der Waals surface area contributed by atoms with Crippen molar-refractivity contribution in [2.45, 2.75) is 6.92 Å². The summed E-state index contributed by atoms with van der Waals surface area (Å²) in [6, 6.07) is 13.0. The van der Waals surface area contributed by atoms with Gasteiger partial charge in [-0.2, -0.15) is 5.26 Å². The highest BCUT2D eigenvalue weighted by atomic mass is 35.5. The van der Waals surface area contributed by atoms with Crippen LogP contribution in [0.5, 0.6) is 0 Å². The Kier molecular flexibility index (Phi) is 4.87. The number of nitriles is 1. The zero-order valence-corrected chi connectivity index (χ0v) is 12.8. The van der Waals surface area contributed by atoms with Crippen LogP contribution in [-0.2, 0) is 0 Å². The van der Waals surface area contributed by atoms with Crippen LogP contribution < -0.4 is 11.3 Å². The number of nitrogens with one attached hydrogen (secondary N) is 1. The van der Waals surface area contributed by atoms with E-state index in [2.05, 4.69) is 11.5 Å². The molecule has 5 heteroatoms. The molecule has 106 valence electrons. The molecule has 0 aliphatic rings. The first kappa shape index (κ1) is 15.4. The monoisotopic (exact) mass is 317 g/mol. The van der Waals surface area contributed by atoms with E-state index in [-0.39, 0.29) is 0 Å². The lowest BCUT2D eigenvalue weighted by atomic mass is 9.98. The van der Waals surface area contributed by atoms with Crippen molar-refractivity contribution in [3.63, 3.8) is 0 Å². The quantitative estimate of drug-likeness (QED) is 0.375. The van der Waals surface area contributed by atoms with Crippen LogP contribution in [0.4, 0.5) is 5.69 Å². The number of nitrogens with zero attached hydrogens (tertiary/aromatic N) is 1. The molecule has 0 aliphatic carbocycles. The van der Waals surface area contributed by atoms with Gasteiger partial charge in [-0.05, 0) is 48.4 Å². The van der Waals surface area contributed by atoms with Crippen LogP contribution >= 0.6 is 23.2 Å². The summed E-state index contributed by atoms with van der Waals surface area (Å²) in [5, 5.41) is 10.6. The Morgan fingerprint density at radius 3 is 2.43 bits per heavy atom. The molecule has 0 unspecified atom stereocenters. The molecule has 2 rings (SSSR count). The van der Waals surface area contributed by atoms with Crippen LogP contribution in [0, 0.1) is 18.3 Å². The number of rotatable bonds is 3. The number of allylic oxidation sites excluding steroid dienone is 1. The fourth-order valence-corrected chi connectivity index (χ4v) is 2.55. The van der Waals surface area contributed by atoms with Crippen LogP contribution in [0.2, 0.25) is 10.0 Å². The molecule has 0 radical (unpaired) electrons. The third-order valence-corrected chi connectivity index (χ3v) is 3.57. The summed E-state index contributed by atoms with van der Waals surface area (Å²) in [7, 11) is 0. The van der Waals surface area contributed by atoms with Gasteiger partial charge in [-0.15, -0.1) is 0 Å². The number of nitrogen functional groups attached to an aromatic ring is 1. The van der Waals surface area contributed by atoms with E-state index in [1.165, 1.54) is 0 Å². The minimum Gasteiger partial charge on any atom is -0.324 e. The van der Waals surface area contributed by atoms with E-state index in [0.29, 0.717) is 26.9 Å². The lowest BCUT2D eigenvalue weighted by Gasteiger charge is -2.10. The maximum absolute atomic E-state index is 9.43. The van der Waals surface area contributed by atoms with Crippen LogP contribution in [0.15, 0.2) is 36.4 Å². The zero-order valence-electron chi connectivity index (χ0n) is 11.3. The van der Waals surface area contributed by atoms with Crippen molar-refractivity contribution < 1.29 is 0 Å². The first-order chi connectivity index (χ1) is 10.0. The minimum absolute atomic E-state index is 0.477. The number of halogens is 2. The molecule has 0 bridgehead atoms. The van der Waals surface area contributed by atoms with Gasteiger partial charge in [0.2, 0.25) is 0 Å². The molecule has 0 aliphatic heterocycles. The van der Waals surface area contributed by atoms with Gasteiger partial charge in [-0.3, -0.25) is 5.84 Å². The molecule has 21 heavy (non-hydrogen) atoms. The van der Waals surface area contributed by atoms with Crippen molar-refractivity contribution in [2.24, 2.45) is 5.84 Å². The maximum Gasteiger partial charge on any atom is 0.0998 e. The van der Waals surface area contributed by atoms with Gasteiger partial charge in [0, 0.05) is 10.6 Å². The van der Waals surface area contributed by atoms with E-state index in [9.17, 15) is 5.26 Å². The molecule has 2 aromatic carbocycles. The summed E-state index contributed by atoms with van der Waals surface area (Å²) in [5.74, 6) is 5.38. The van der Waals surface area contributed by atoms with E-state index in [4.69, 9.17) is 29.0 Å². The molecule has 3 nitrogen and oxygen atoms in total. The molecule has 0 heterocycles. The highest BCUT2D eigenvalue weighted by molar-refractivity contribution is 6.33. The number of hydrogen-bond donors (Lipinski definition) is 2. The Balaban J connectivity index is 2.52. The average molecular weight is 318 g/mol. The number of aryl methyl sites for hydroxylation is 1. The molecular formula is C16H13Cl2N3. The molecular weight excluding hydrogens is 305 g/mol. The molecule has 2 aromatic rings. The third kappa shape index (κ3) is 3.56. The molecule has 0 saturated heterocycles. The van der Waals surface area contributed by atoms with Crippen molar-refractivity contribution >= 4 is 40.5 Å². The first-order valence-electron chi connectivity index (χ1n) is 6.19. The standard InChI is InChI=1S/C16H13Cl2N3/c1-10-6-14(21-20)8-15(18)16(10)12(9-19)7-11-2-4-13(17)5-3-11/h2-8,21H,20H2,1H3/b12-7+. The number of benzene rings is 2. The minimum atomic E-state index is 0.477. The lowest BCUT2D eigenvalue weighted by molar-refractivity contribution is 1.32.